The molecule has 0 radical (unpaired) electrons. The van der Waals surface area contributed by atoms with E-state index in [1.807, 2.05) is 19.1 Å². The zero-order valence-corrected chi connectivity index (χ0v) is 27.8. The van der Waals surface area contributed by atoms with Crippen LogP contribution in [0.25, 0.3) is 0 Å². The van der Waals surface area contributed by atoms with Crippen LogP contribution in [0.1, 0.15) is 129 Å². The number of carbonyl (C=O) groups excluding carboxylic acids is 2. The lowest BCUT2D eigenvalue weighted by molar-refractivity contribution is -0.288. The van der Waals surface area contributed by atoms with E-state index in [1.54, 1.807) is 6.20 Å². The summed E-state index contributed by atoms with van der Waals surface area (Å²) in [7, 11) is 0. The Bertz CT molecular complexity index is 1290. The molecule has 1 amide bonds. The molecule has 6 rings (SSSR count). The van der Waals surface area contributed by atoms with Gasteiger partial charge < -0.3 is 10.4 Å². The Kier molecular flexibility index (Phi) is 6.76. The standard InChI is InChI=1S/C37H56N2O3/c1-22(2)29-26(40)21-37(39-31(42)24-11-10-20-38-23(24)3)19-18-33(6)25(30(29)37)12-16-36(9)34(7)15-14-28(41)32(4,5)27(34)13-17-35(33,36)8/h10-11,20,22,25,27-30,41H,12-19,21H2,1-9H3,(H,39,42)/t25-,27+,28?,29?,30?,33-,34?,35?,36-,37-/m1/s1. The van der Waals surface area contributed by atoms with Gasteiger partial charge in [-0.15, -0.1) is 0 Å². The minimum Gasteiger partial charge on any atom is -0.393 e. The molecule has 10 atom stereocenters. The van der Waals surface area contributed by atoms with Crippen molar-refractivity contribution in [2.24, 2.45) is 56.7 Å². The van der Waals surface area contributed by atoms with E-state index < -0.39 is 5.54 Å². The normalized spacial score (nSPS) is 47.7. The fraction of sp³-hybridized carbons (Fsp3) is 0.811. The van der Waals surface area contributed by atoms with Gasteiger partial charge in [0.2, 0.25) is 0 Å². The highest BCUT2D eigenvalue weighted by molar-refractivity contribution is 5.97. The minimum absolute atomic E-state index is 0.0198. The highest BCUT2D eigenvalue weighted by Gasteiger charge is 2.75. The quantitative estimate of drug-likeness (QED) is 0.390. The molecule has 1 heterocycles. The number of Topliss-reactive ketones (excluding diaryl/α,β-unsaturated/α-hetero) is 1. The van der Waals surface area contributed by atoms with Crippen LogP contribution in [0.15, 0.2) is 18.3 Å². The van der Waals surface area contributed by atoms with Crippen molar-refractivity contribution in [3.63, 3.8) is 0 Å². The highest BCUT2D eigenvalue weighted by atomic mass is 16.3. The molecule has 232 valence electrons. The van der Waals surface area contributed by atoms with E-state index in [0.29, 0.717) is 29.6 Å². The minimum atomic E-state index is -0.488. The summed E-state index contributed by atoms with van der Waals surface area (Å²) in [5.74, 6) is 1.55. The number of carbonyl (C=O) groups is 2. The van der Waals surface area contributed by atoms with Gasteiger partial charge in [-0.2, -0.15) is 0 Å². The van der Waals surface area contributed by atoms with Gasteiger partial charge >= 0.3 is 0 Å². The zero-order chi connectivity index (χ0) is 30.7. The lowest BCUT2D eigenvalue weighted by atomic mass is 9.28. The topological polar surface area (TPSA) is 79.3 Å². The van der Waals surface area contributed by atoms with Crippen LogP contribution in [0.2, 0.25) is 0 Å². The van der Waals surface area contributed by atoms with Crippen molar-refractivity contribution in [3.05, 3.63) is 29.6 Å². The Morgan fingerprint density at radius 3 is 2.29 bits per heavy atom. The number of hydrogen-bond donors (Lipinski definition) is 2. The maximum absolute atomic E-state index is 13.9. The van der Waals surface area contributed by atoms with Gasteiger partial charge in [0.1, 0.15) is 5.78 Å². The van der Waals surface area contributed by atoms with Gasteiger partial charge in [0.15, 0.2) is 0 Å². The molecule has 1 aromatic rings. The summed E-state index contributed by atoms with van der Waals surface area (Å²) in [5, 5.41) is 14.7. The van der Waals surface area contributed by atoms with E-state index in [2.05, 4.69) is 65.7 Å². The fourth-order valence-electron chi connectivity index (χ4n) is 12.9. The summed E-state index contributed by atoms with van der Waals surface area (Å²) >= 11 is 0. The lowest BCUT2D eigenvalue weighted by Crippen LogP contribution is -2.72. The molecule has 5 heteroatoms. The van der Waals surface area contributed by atoms with Crippen molar-refractivity contribution >= 4 is 11.7 Å². The third-order valence-corrected chi connectivity index (χ3v) is 15.7. The Labute approximate surface area is 254 Å². The first-order valence-electron chi connectivity index (χ1n) is 16.9. The number of nitrogens with one attached hydrogen (secondary N) is 1. The number of aliphatic hydroxyl groups is 1. The number of nitrogens with zero attached hydrogens (tertiary/aromatic N) is 1. The lowest BCUT2D eigenvalue weighted by Gasteiger charge is -2.77. The van der Waals surface area contributed by atoms with Gasteiger partial charge in [-0.3, -0.25) is 14.6 Å². The Hall–Kier alpha value is -1.75. The van der Waals surface area contributed by atoms with E-state index in [1.165, 1.54) is 6.42 Å². The SMILES string of the molecule is Cc1ncccc1C(=O)N[C@@]12CC[C@]3(C)[C@H](CC[C@]4(C)C5(C)CCC(O)C(C)(C)[C@@H]5CCC43C)C1C(C(C)C)C(=O)C2. The first-order valence-corrected chi connectivity index (χ1v) is 16.9. The van der Waals surface area contributed by atoms with Crippen LogP contribution in [0.4, 0.5) is 0 Å². The Morgan fingerprint density at radius 1 is 0.952 bits per heavy atom. The first kappa shape index (κ1) is 30.3. The maximum atomic E-state index is 13.9. The average molecular weight is 577 g/mol. The number of rotatable bonds is 3. The van der Waals surface area contributed by atoms with Gasteiger partial charge in [0.25, 0.3) is 5.91 Å². The number of pyridine rings is 1. The summed E-state index contributed by atoms with van der Waals surface area (Å²) < 4.78 is 0. The molecule has 5 aliphatic rings. The van der Waals surface area contributed by atoms with Crippen LogP contribution in [0.3, 0.4) is 0 Å². The molecule has 2 N–H and O–H groups in total. The van der Waals surface area contributed by atoms with Gasteiger partial charge in [-0.25, -0.2) is 0 Å². The summed E-state index contributed by atoms with van der Waals surface area (Å²) in [6, 6.07) is 3.69. The van der Waals surface area contributed by atoms with E-state index in [0.717, 1.165) is 50.6 Å². The largest absolute Gasteiger partial charge is 0.393 e. The molecule has 0 saturated heterocycles. The molecule has 5 saturated carbocycles. The van der Waals surface area contributed by atoms with E-state index in [4.69, 9.17) is 0 Å². The highest BCUT2D eigenvalue weighted by Crippen LogP contribution is 2.80. The van der Waals surface area contributed by atoms with E-state index in [-0.39, 0.29) is 56.8 Å². The molecule has 1 aromatic heterocycles. The van der Waals surface area contributed by atoms with Gasteiger partial charge in [-0.05, 0) is 121 Å². The molecule has 42 heavy (non-hydrogen) atoms. The van der Waals surface area contributed by atoms with Crippen LogP contribution >= 0.6 is 0 Å². The van der Waals surface area contributed by atoms with Crippen LogP contribution in [-0.2, 0) is 4.79 Å². The molecular formula is C37H56N2O3. The van der Waals surface area contributed by atoms with Crippen molar-refractivity contribution < 1.29 is 14.7 Å². The number of ketones is 1. The monoisotopic (exact) mass is 576 g/mol. The van der Waals surface area contributed by atoms with Crippen molar-refractivity contribution in [1.82, 2.24) is 10.3 Å². The molecule has 5 fully saturated rings. The Morgan fingerprint density at radius 2 is 1.62 bits per heavy atom. The summed E-state index contributed by atoms with van der Waals surface area (Å²) in [5.41, 5.74) is 1.31. The summed E-state index contributed by atoms with van der Waals surface area (Å²) in [4.78, 5) is 32.2. The first-order chi connectivity index (χ1) is 19.5. The predicted octanol–water partition coefficient (Wildman–Crippen LogP) is 7.54. The predicted molar refractivity (Wildman–Crippen MR) is 167 cm³/mol. The summed E-state index contributed by atoms with van der Waals surface area (Å²) in [6.07, 6.45) is 10.4. The molecule has 5 aliphatic carbocycles. The van der Waals surface area contributed by atoms with Crippen LogP contribution in [0.5, 0.6) is 0 Å². The molecule has 0 aromatic carbocycles. The van der Waals surface area contributed by atoms with E-state index >= 15 is 0 Å². The van der Waals surface area contributed by atoms with Crippen LogP contribution < -0.4 is 5.32 Å². The van der Waals surface area contributed by atoms with E-state index in [9.17, 15) is 14.7 Å². The van der Waals surface area contributed by atoms with Gasteiger partial charge in [0.05, 0.1) is 17.2 Å². The second-order valence-corrected chi connectivity index (χ2v) is 17.3. The number of aliphatic hydroxyl groups excluding tert-OH is 1. The smallest absolute Gasteiger partial charge is 0.253 e. The van der Waals surface area contributed by atoms with Crippen molar-refractivity contribution in [1.29, 1.82) is 0 Å². The average Bonchev–Trinajstić information content (AvgIpc) is 3.20. The third kappa shape index (κ3) is 3.61. The molecule has 5 unspecified atom stereocenters. The Balaban J connectivity index is 1.42. The number of amides is 1. The van der Waals surface area contributed by atoms with Crippen LogP contribution in [0, 0.1) is 63.6 Å². The summed E-state index contributed by atoms with van der Waals surface area (Å²) in [6.45, 7) is 21.3. The number of aryl methyl sites for hydroxylation is 1. The number of fused-ring (bicyclic) bond motifs is 7. The van der Waals surface area contributed by atoms with Gasteiger partial charge in [-0.1, -0.05) is 55.4 Å². The number of hydrogen-bond acceptors (Lipinski definition) is 4. The maximum Gasteiger partial charge on any atom is 0.253 e. The second-order valence-electron chi connectivity index (χ2n) is 17.3. The molecule has 0 aliphatic heterocycles. The van der Waals surface area contributed by atoms with Gasteiger partial charge in [0, 0.05) is 24.2 Å². The molecule has 0 spiro atoms. The van der Waals surface area contributed by atoms with Crippen molar-refractivity contribution in [3.8, 4) is 0 Å². The second kappa shape index (κ2) is 9.38. The molecular weight excluding hydrogens is 520 g/mol. The molecule has 5 nitrogen and oxygen atoms in total. The molecule has 0 bridgehead atoms. The zero-order valence-electron chi connectivity index (χ0n) is 27.8. The third-order valence-electron chi connectivity index (χ3n) is 15.7. The number of aromatic nitrogens is 1. The van der Waals surface area contributed by atoms with Crippen LogP contribution in [-0.4, -0.2) is 33.4 Å². The van der Waals surface area contributed by atoms with Crippen molar-refractivity contribution in [2.45, 2.75) is 132 Å². The fourth-order valence-corrected chi connectivity index (χ4v) is 12.9. The van der Waals surface area contributed by atoms with Crippen molar-refractivity contribution in [2.75, 3.05) is 0 Å².